The Kier molecular flexibility index (Phi) is 3.36. The van der Waals surface area contributed by atoms with Crippen LogP contribution in [0.3, 0.4) is 0 Å². The number of piperidine rings is 3. The van der Waals surface area contributed by atoms with Gasteiger partial charge in [-0.2, -0.15) is 0 Å². The summed E-state index contributed by atoms with van der Waals surface area (Å²) in [4.78, 5) is 2.56. The second kappa shape index (κ2) is 5.26. The van der Waals surface area contributed by atoms with Gasteiger partial charge < -0.3 is 5.11 Å². The Morgan fingerprint density at radius 2 is 1.95 bits per heavy atom. The van der Waals surface area contributed by atoms with E-state index in [2.05, 4.69) is 28.5 Å². The van der Waals surface area contributed by atoms with Crippen LogP contribution in [0.5, 0.6) is 0 Å². The van der Waals surface area contributed by atoms with E-state index in [9.17, 15) is 0 Å². The molecule has 22 heavy (non-hydrogen) atoms. The first-order chi connectivity index (χ1) is 10.7. The number of rotatable bonds is 3. The van der Waals surface area contributed by atoms with Gasteiger partial charge in [0.15, 0.2) is 11.9 Å². The molecule has 0 amide bonds. The van der Waals surface area contributed by atoms with Crippen LogP contribution in [0.25, 0.3) is 5.70 Å². The van der Waals surface area contributed by atoms with Crippen molar-refractivity contribution in [2.24, 2.45) is 16.3 Å². The molecule has 4 heterocycles. The minimum atomic E-state index is 0.0776. The summed E-state index contributed by atoms with van der Waals surface area (Å²) >= 11 is 0. The average Bonchev–Trinajstić information content (AvgIpc) is 3.00. The number of quaternary nitrogens is 1. The summed E-state index contributed by atoms with van der Waals surface area (Å²) in [6.45, 7) is 3.70. The molecular weight excluding hydrogens is 276 g/mol. The highest BCUT2D eigenvalue weighted by molar-refractivity contribution is 5.63. The number of hydrogen-bond donors (Lipinski definition) is 1. The van der Waals surface area contributed by atoms with Crippen LogP contribution in [0, 0.1) is 5.92 Å². The number of aliphatic hydroxyl groups excluding tert-OH is 1. The highest BCUT2D eigenvalue weighted by Crippen LogP contribution is 2.38. The molecule has 1 aromatic carbocycles. The van der Waals surface area contributed by atoms with Gasteiger partial charge in [0.25, 0.3) is 0 Å². The van der Waals surface area contributed by atoms with E-state index in [0.717, 1.165) is 29.3 Å². The molecule has 0 aromatic heterocycles. The average molecular weight is 299 g/mol. The molecule has 116 valence electrons. The standard InChI is InChI=1S/C17H23N4O/c1-21(17-10-20-8-6-15(17)7-9-20)11-16(18-19-21)14-4-2-13(12-22)3-5-14/h2-5,11,15,17,22H,6-10,12H2,1H3/q+1. The van der Waals surface area contributed by atoms with E-state index in [4.69, 9.17) is 5.11 Å². The minimum absolute atomic E-state index is 0.0776. The van der Waals surface area contributed by atoms with Crippen LogP contribution in [0.2, 0.25) is 0 Å². The molecule has 0 radical (unpaired) electrons. The smallest absolute Gasteiger partial charge is 0.153 e. The van der Waals surface area contributed by atoms with Crippen LogP contribution in [0.4, 0.5) is 0 Å². The Bertz CT molecular complexity index is 616. The summed E-state index contributed by atoms with van der Waals surface area (Å²) in [5.41, 5.74) is 2.95. The molecule has 0 spiro atoms. The van der Waals surface area contributed by atoms with Crippen molar-refractivity contribution in [2.75, 3.05) is 26.7 Å². The third-order valence-corrected chi connectivity index (χ3v) is 5.45. The van der Waals surface area contributed by atoms with E-state index in [1.807, 2.05) is 24.3 Å². The first kappa shape index (κ1) is 14.1. The van der Waals surface area contributed by atoms with Gasteiger partial charge in [-0.3, -0.25) is 4.90 Å². The zero-order valence-corrected chi connectivity index (χ0v) is 13.0. The number of aliphatic hydroxyl groups is 1. The Balaban J connectivity index is 1.59. The number of benzene rings is 1. The predicted octanol–water partition coefficient (Wildman–Crippen LogP) is 2.40. The maximum absolute atomic E-state index is 9.14. The van der Waals surface area contributed by atoms with Gasteiger partial charge in [-0.25, -0.2) is 0 Å². The van der Waals surface area contributed by atoms with E-state index in [0.29, 0.717) is 10.6 Å². The van der Waals surface area contributed by atoms with Crippen LogP contribution >= 0.6 is 0 Å². The van der Waals surface area contributed by atoms with Crippen LogP contribution in [-0.4, -0.2) is 47.3 Å². The second-order valence-corrected chi connectivity index (χ2v) is 6.86. The Labute approximate surface area is 131 Å². The fourth-order valence-electron chi connectivity index (χ4n) is 4.05. The van der Waals surface area contributed by atoms with Gasteiger partial charge in [0.1, 0.15) is 6.04 Å². The monoisotopic (exact) mass is 299 g/mol. The van der Waals surface area contributed by atoms with E-state index < -0.39 is 0 Å². The first-order valence-electron chi connectivity index (χ1n) is 8.12. The fraction of sp³-hybridized carbons (Fsp3) is 0.529. The molecule has 4 aliphatic rings. The summed E-state index contributed by atoms with van der Waals surface area (Å²) in [6.07, 6.45) is 4.78. The number of fused-ring (bicyclic) bond motifs is 3. The first-order valence-corrected chi connectivity index (χ1v) is 8.12. The van der Waals surface area contributed by atoms with Gasteiger partial charge in [0, 0.05) is 16.7 Å². The Morgan fingerprint density at radius 1 is 1.23 bits per heavy atom. The molecule has 5 rings (SSSR count). The molecule has 3 fully saturated rings. The van der Waals surface area contributed by atoms with Gasteiger partial charge >= 0.3 is 0 Å². The summed E-state index contributed by atoms with van der Waals surface area (Å²) in [5, 5.41) is 18.2. The highest BCUT2D eigenvalue weighted by Gasteiger charge is 2.47. The lowest BCUT2D eigenvalue weighted by molar-refractivity contribution is -0.898. The van der Waals surface area contributed by atoms with Crippen molar-refractivity contribution in [2.45, 2.75) is 25.5 Å². The SMILES string of the molecule is C[N+]1(C2CN3CCC2CC3)C=C(c2ccc(CO)cc2)N=N1. The van der Waals surface area contributed by atoms with Gasteiger partial charge in [0.05, 0.1) is 20.2 Å². The molecule has 0 aliphatic carbocycles. The summed E-state index contributed by atoms with van der Waals surface area (Å²) in [7, 11) is 2.17. The third kappa shape index (κ3) is 2.29. The molecule has 1 aromatic rings. The van der Waals surface area contributed by atoms with Gasteiger partial charge in [-0.05, 0) is 31.5 Å². The zero-order valence-electron chi connectivity index (χ0n) is 13.0. The quantitative estimate of drug-likeness (QED) is 0.871. The summed E-state index contributed by atoms with van der Waals surface area (Å²) in [6, 6.07) is 8.46. The van der Waals surface area contributed by atoms with E-state index in [-0.39, 0.29) is 6.61 Å². The minimum Gasteiger partial charge on any atom is -0.392 e. The molecule has 0 saturated carbocycles. The van der Waals surface area contributed by atoms with Crippen LogP contribution in [0.15, 0.2) is 40.8 Å². The number of likely N-dealkylation sites (N-methyl/N-ethyl adjacent to an activating group) is 1. The molecule has 3 saturated heterocycles. The lowest BCUT2D eigenvalue weighted by Crippen LogP contribution is -2.60. The normalized spacial score (nSPS) is 36.6. The molecule has 1 N–H and O–H groups in total. The lowest BCUT2D eigenvalue weighted by Gasteiger charge is -2.47. The van der Waals surface area contributed by atoms with Crippen molar-refractivity contribution in [1.29, 1.82) is 0 Å². The van der Waals surface area contributed by atoms with Crippen molar-refractivity contribution in [1.82, 2.24) is 4.90 Å². The van der Waals surface area contributed by atoms with Gasteiger partial charge in [-0.15, -0.1) is 4.59 Å². The fourth-order valence-corrected chi connectivity index (χ4v) is 4.05. The predicted molar refractivity (Wildman–Crippen MR) is 84.3 cm³/mol. The highest BCUT2D eigenvalue weighted by atomic mass is 16.3. The van der Waals surface area contributed by atoms with Crippen LogP contribution in [-0.2, 0) is 6.61 Å². The van der Waals surface area contributed by atoms with E-state index >= 15 is 0 Å². The summed E-state index contributed by atoms with van der Waals surface area (Å²) in [5.74, 6) is 0.765. The van der Waals surface area contributed by atoms with Crippen molar-refractivity contribution >= 4 is 5.70 Å². The molecule has 2 unspecified atom stereocenters. The molecule has 5 heteroatoms. The second-order valence-electron chi connectivity index (χ2n) is 6.86. The molecule has 2 bridgehead atoms. The van der Waals surface area contributed by atoms with E-state index in [1.165, 1.54) is 25.9 Å². The molecule has 4 aliphatic heterocycles. The van der Waals surface area contributed by atoms with Crippen molar-refractivity contribution in [3.8, 4) is 0 Å². The van der Waals surface area contributed by atoms with Gasteiger partial charge in [0.2, 0.25) is 0 Å². The maximum atomic E-state index is 9.14. The Hall–Kier alpha value is -1.56. The maximum Gasteiger partial charge on any atom is 0.153 e. The number of nitrogens with zero attached hydrogens (tertiary/aromatic N) is 4. The topological polar surface area (TPSA) is 48.2 Å². The number of hydrogen-bond acceptors (Lipinski definition) is 4. The van der Waals surface area contributed by atoms with Crippen LogP contribution < -0.4 is 0 Å². The molecular formula is C17H23N4O+. The third-order valence-electron chi connectivity index (χ3n) is 5.45. The largest absolute Gasteiger partial charge is 0.392 e. The van der Waals surface area contributed by atoms with Gasteiger partial charge in [-0.1, -0.05) is 29.4 Å². The van der Waals surface area contributed by atoms with E-state index in [1.54, 1.807) is 0 Å². The van der Waals surface area contributed by atoms with Crippen LogP contribution in [0.1, 0.15) is 24.0 Å². The lowest BCUT2D eigenvalue weighted by atomic mass is 9.83. The van der Waals surface area contributed by atoms with Crippen molar-refractivity contribution in [3.05, 3.63) is 41.6 Å². The molecule has 2 atom stereocenters. The summed E-state index contributed by atoms with van der Waals surface area (Å²) < 4.78 is 0.582. The zero-order chi connectivity index (χ0) is 15.2. The Morgan fingerprint density at radius 3 is 2.55 bits per heavy atom. The van der Waals surface area contributed by atoms with Crippen molar-refractivity contribution < 1.29 is 9.70 Å². The van der Waals surface area contributed by atoms with Crippen molar-refractivity contribution in [3.63, 3.8) is 0 Å². The molecule has 5 nitrogen and oxygen atoms in total.